The maximum atomic E-state index is 10.3. The fourth-order valence-corrected chi connectivity index (χ4v) is 1.24. The smallest absolute Gasteiger partial charge is 0.135 e. The van der Waals surface area contributed by atoms with Crippen molar-refractivity contribution in [3.05, 3.63) is 0 Å². The lowest BCUT2D eigenvalue weighted by Crippen LogP contribution is -2.16. The average Bonchev–Trinajstić information content (AvgIpc) is 1.84. The molecule has 0 aromatic heterocycles. The van der Waals surface area contributed by atoms with Gasteiger partial charge in [0.25, 0.3) is 0 Å². The summed E-state index contributed by atoms with van der Waals surface area (Å²) in [6.45, 7) is 3.77. The highest BCUT2D eigenvalue weighted by atomic mass is 35.5. The predicted octanol–water partition coefficient (Wildman–Crippen LogP) is 1.94. The van der Waals surface area contributed by atoms with Crippen molar-refractivity contribution >= 4 is 29.6 Å². The van der Waals surface area contributed by atoms with Gasteiger partial charge in [0.15, 0.2) is 0 Å². The minimum Gasteiger partial charge on any atom is -0.302 e. The summed E-state index contributed by atoms with van der Waals surface area (Å²) in [5.41, 5.74) is 0. The third-order valence-corrected chi connectivity index (χ3v) is 2.50. The van der Waals surface area contributed by atoms with Gasteiger partial charge in [0, 0.05) is 11.6 Å². The van der Waals surface area contributed by atoms with Gasteiger partial charge < -0.3 is 4.79 Å². The molecule has 0 aliphatic carbocycles. The van der Waals surface area contributed by atoms with Crippen molar-refractivity contribution in [2.75, 3.05) is 11.6 Å². The van der Waals surface area contributed by atoms with E-state index >= 15 is 0 Å². The molecule has 0 amide bonds. The molecule has 0 aromatic rings. The van der Waals surface area contributed by atoms with Crippen LogP contribution in [-0.2, 0) is 4.79 Å². The Balaban J connectivity index is 3.45. The first-order chi connectivity index (χ1) is 4.12. The highest BCUT2D eigenvalue weighted by molar-refractivity contribution is 8.01. The molecule has 0 atom stereocenters. The second-order valence-corrected chi connectivity index (χ2v) is 4.39. The third-order valence-electron chi connectivity index (χ3n) is 0.835. The molecule has 0 N–H and O–H groups in total. The van der Waals surface area contributed by atoms with Gasteiger partial charge in [-0.15, -0.1) is 23.4 Å². The van der Waals surface area contributed by atoms with Crippen molar-refractivity contribution in [1.82, 2.24) is 0 Å². The number of alkyl halides is 1. The Morgan fingerprint density at radius 2 is 2.22 bits per heavy atom. The monoisotopic (exact) mass is 166 g/mol. The van der Waals surface area contributed by atoms with E-state index in [4.69, 9.17) is 11.6 Å². The van der Waals surface area contributed by atoms with E-state index < -0.39 is 0 Å². The van der Waals surface area contributed by atoms with Crippen LogP contribution >= 0.6 is 23.4 Å². The Morgan fingerprint density at radius 3 is 2.56 bits per heavy atom. The van der Waals surface area contributed by atoms with Gasteiger partial charge in [-0.05, 0) is 13.8 Å². The fraction of sp³-hybridized carbons (Fsp3) is 0.833. The summed E-state index contributed by atoms with van der Waals surface area (Å²) in [4.78, 5) is 10.3. The van der Waals surface area contributed by atoms with Gasteiger partial charge in [-0.25, -0.2) is 0 Å². The van der Waals surface area contributed by atoms with Gasteiger partial charge in [0.2, 0.25) is 0 Å². The summed E-state index contributed by atoms with van der Waals surface area (Å²) >= 11 is 7.01. The average molecular weight is 167 g/mol. The second kappa shape index (κ2) is 4.18. The highest BCUT2D eigenvalue weighted by Gasteiger charge is 2.15. The number of carbonyl (C=O) groups is 1. The number of hydrogen-bond donors (Lipinski definition) is 0. The standard InChI is InChI=1S/C6H11ClOS/c1-6(2,5-8)9-4-3-7/h5H,3-4H2,1-2H3. The van der Waals surface area contributed by atoms with Crippen molar-refractivity contribution in [1.29, 1.82) is 0 Å². The van der Waals surface area contributed by atoms with Gasteiger partial charge in [-0.1, -0.05) is 0 Å². The van der Waals surface area contributed by atoms with Crippen LogP contribution in [0.5, 0.6) is 0 Å². The Morgan fingerprint density at radius 1 is 1.67 bits per heavy atom. The lowest BCUT2D eigenvalue weighted by atomic mass is 10.2. The van der Waals surface area contributed by atoms with Crippen molar-refractivity contribution in [3.8, 4) is 0 Å². The lowest BCUT2D eigenvalue weighted by Gasteiger charge is -2.13. The van der Waals surface area contributed by atoms with E-state index in [9.17, 15) is 4.79 Å². The molecule has 3 heteroatoms. The zero-order valence-electron chi connectivity index (χ0n) is 5.69. The van der Waals surface area contributed by atoms with Crippen molar-refractivity contribution < 1.29 is 4.79 Å². The van der Waals surface area contributed by atoms with Crippen LogP contribution in [0.25, 0.3) is 0 Å². The first kappa shape index (κ1) is 9.31. The van der Waals surface area contributed by atoms with Crippen molar-refractivity contribution in [2.24, 2.45) is 0 Å². The van der Waals surface area contributed by atoms with Crippen molar-refractivity contribution in [3.63, 3.8) is 0 Å². The van der Waals surface area contributed by atoms with E-state index in [0.717, 1.165) is 12.0 Å². The molecule has 0 bridgehead atoms. The summed E-state index contributed by atoms with van der Waals surface area (Å²) in [5.74, 6) is 1.45. The topological polar surface area (TPSA) is 17.1 Å². The molecule has 0 rings (SSSR count). The zero-order chi connectivity index (χ0) is 7.33. The second-order valence-electron chi connectivity index (χ2n) is 2.26. The molecule has 0 spiro atoms. The quantitative estimate of drug-likeness (QED) is 0.469. The summed E-state index contributed by atoms with van der Waals surface area (Å²) in [6, 6.07) is 0. The molecule has 0 fully saturated rings. The van der Waals surface area contributed by atoms with Crippen LogP contribution in [0.1, 0.15) is 13.8 Å². The Labute approximate surface area is 65.2 Å². The summed E-state index contributed by atoms with van der Waals surface area (Å²) in [5, 5.41) is 0. The number of carbonyl (C=O) groups excluding carboxylic acids is 1. The van der Waals surface area contributed by atoms with E-state index in [2.05, 4.69) is 0 Å². The molecule has 0 saturated carbocycles. The zero-order valence-corrected chi connectivity index (χ0v) is 7.26. The minimum absolute atomic E-state index is 0.255. The van der Waals surface area contributed by atoms with Crippen LogP contribution in [0.4, 0.5) is 0 Å². The molecule has 1 nitrogen and oxygen atoms in total. The molecule has 0 radical (unpaired) electrons. The van der Waals surface area contributed by atoms with E-state index in [0.29, 0.717) is 5.88 Å². The van der Waals surface area contributed by atoms with E-state index in [1.54, 1.807) is 11.8 Å². The minimum atomic E-state index is -0.255. The largest absolute Gasteiger partial charge is 0.302 e. The summed E-state index contributed by atoms with van der Waals surface area (Å²) in [7, 11) is 0. The maximum Gasteiger partial charge on any atom is 0.135 e. The normalized spacial score (nSPS) is 11.4. The SMILES string of the molecule is CC(C)(C=O)SCCCl. The molecule has 0 unspecified atom stereocenters. The molecule has 9 heavy (non-hydrogen) atoms. The van der Waals surface area contributed by atoms with Crippen LogP contribution in [0.15, 0.2) is 0 Å². The molecule has 0 aliphatic rings. The predicted molar refractivity (Wildman–Crippen MR) is 43.3 cm³/mol. The Kier molecular flexibility index (Phi) is 4.32. The Hall–Kier alpha value is 0.310. The third kappa shape index (κ3) is 4.79. The highest BCUT2D eigenvalue weighted by Crippen LogP contribution is 2.21. The lowest BCUT2D eigenvalue weighted by molar-refractivity contribution is -0.109. The van der Waals surface area contributed by atoms with Crippen LogP contribution < -0.4 is 0 Å². The number of rotatable bonds is 4. The van der Waals surface area contributed by atoms with Gasteiger partial charge in [0.05, 0.1) is 4.75 Å². The summed E-state index contributed by atoms with van der Waals surface area (Å²) < 4.78 is -0.255. The van der Waals surface area contributed by atoms with Gasteiger partial charge in [-0.3, -0.25) is 0 Å². The van der Waals surface area contributed by atoms with Crippen LogP contribution in [0.3, 0.4) is 0 Å². The van der Waals surface area contributed by atoms with E-state index in [1.807, 2.05) is 13.8 Å². The number of thioether (sulfide) groups is 1. The van der Waals surface area contributed by atoms with Crippen LogP contribution in [-0.4, -0.2) is 22.7 Å². The fourth-order valence-electron chi connectivity index (χ4n) is 0.336. The van der Waals surface area contributed by atoms with E-state index in [-0.39, 0.29) is 4.75 Å². The van der Waals surface area contributed by atoms with Crippen LogP contribution in [0.2, 0.25) is 0 Å². The van der Waals surface area contributed by atoms with E-state index in [1.165, 1.54) is 0 Å². The molecular weight excluding hydrogens is 156 g/mol. The van der Waals surface area contributed by atoms with Gasteiger partial charge in [-0.2, -0.15) is 0 Å². The van der Waals surface area contributed by atoms with Gasteiger partial charge in [0.1, 0.15) is 6.29 Å². The van der Waals surface area contributed by atoms with Crippen LogP contribution in [0, 0.1) is 0 Å². The summed E-state index contributed by atoms with van der Waals surface area (Å²) in [6.07, 6.45) is 0.949. The van der Waals surface area contributed by atoms with Gasteiger partial charge >= 0.3 is 0 Å². The molecule has 0 heterocycles. The van der Waals surface area contributed by atoms with Crippen molar-refractivity contribution in [2.45, 2.75) is 18.6 Å². The molecule has 0 aromatic carbocycles. The molecule has 0 saturated heterocycles. The number of halogens is 1. The molecular formula is C6H11ClOS. The first-order valence-electron chi connectivity index (χ1n) is 2.78. The number of aldehydes is 1. The molecule has 54 valence electrons. The molecule has 0 aliphatic heterocycles. The Bertz CT molecular complexity index is 93.1. The first-order valence-corrected chi connectivity index (χ1v) is 4.30. The number of hydrogen-bond acceptors (Lipinski definition) is 2. The maximum absolute atomic E-state index is 10.3.